The maximum atomic E-state index is 13.0. The Morgan fingerprint density at radius 2 is 1.92 bits per heavy atom. The minimum absolute atomic E-state index is 0.264. The number of rotatable bonds is 1. The van der Waals surface area contributed by atoms with Gasteiger partial charge in [-0.05, 0) is 24.3 Å². The third-order valence-corrected chi connectivity index (χ3v) is 3.80. The van der Waals surface area contributed by atoms with Crippen LogP contribution in [0.25, 0.3) is 0 Å². The van der Waals surface area contributed by atoms with Gasteiger partial charge in [-0.1, -0.05) is 12.1 Å². The van der Waals surface area contributed by atoms with Crippen LogP contribution in [0.5, 0.6) is 0 Å². The van der Waals surface area contributed by atoms with Crippen LogP contribution in [0.1, 0.15) is 5.56 Å². The van der Waals surface area contributed by atoms with Gasteiger partial charge in [0.15, 0.2) is 5.82 Å². The molecule has 8 heteroatoms. The van der Waals surface area contributed by atoms with E-state index in [1.54, 1.807) is 18.3 Å². The summed E-state index contributed by atoms with van der Waals surface area (Å²) in [6, 6.07) is 7.69. The van der Waals surface area contributed by atoms with Gasteiger partial charge in [0, 0.05) is 26.3 Å². The standard InChI is InChI=1S/C16H15F3N4O/c1-22-9-10-23(13-7-4-8-20-14(13)22)15(24)21-12-6-3-2-5-11(12)16(17,18)19/h2-8H,9-10H2,1H3,(H,21,24). The molecule has 1 aromatic carbocycles. The van der Waals surface area contributed by atoms with Crippen LogP contribution in [0.2, 0.25) is 0 Å². The number of alkyl halides is 3. The fourth-order valence-electron chi connectivity index (χ4n) is 2.60. The van der Waals surface area contributed by atoms with Gasteiger partial charge >= 0.3 is 12.2 Å². The molecule has 1 aromatic heterocycles. The Labute approximate surface area is 136 Å². The van der Waals surface area contributed by atoms with Gasteiger partial charge in [-0.3, -0.25) is 4.90 Å². The molecule has 2 heterocycles. The molecule has 1 N–H and O–H groups in total. The van der Waals surface area contributed by atoms with E-state index < -0.39 is 17.8 Å². The van der Waals surface area contributed by atoms with E-state index in [4.69, 9.17) is 0 Å². The van der Waals surface area contributed by atoms with Crippen LogP contribution in [0, 0.1) is 0 Å². The van der Waals surface area contributed by atoms with Gasteiger partial charge in [0.2, 0.25) is 0 Å². The Bertz CT molecular complexity index is 763. The Kier molecular flexibility index (Phi) is 4.04. The van der Waals surface area contributed by atoms with E-state index in [1.807, 2.05) is 11.9 Å². The highest BCUT2D eigenvalue weighted by molar-refractivity contribution is 6.04. The highest BCUT2D eigenvalue weighted by Gasteiger charge is 2.34. The molecule has 0 saturated carbocycles. The quantitative estimate of drug-likeness (QED) is 0.866. The molecule has 1 aliphatic rings. The van der Waals surface area contributed by atoms with Crippen molar-refractivity contribution in [2.75, 3.05) is 35.3 Å². The number of benzene rings is 1. The molecule has 24 heavy (non-hydrogen) atoms. The summed E-state index contributed by atoms with van der Waals surface area (Å²) in [4.78, 5) is 20.0. The van der Waals surface area contributed by atoms with Crippen molar-refractivity contribution in [3.05, 3.63) is 48.2 Å². The molecule has 3 rings (SSSR count). The van der Waals surface area contributed by atoms with Crippen LogP contribution in [0.4, 0.5) is 35.2 Å². The minimum Gasteiger partial charge on any atom is -0.356 e. The molecule has 2 aromatic rings. The molecule has 0 fully saturated rings. The summed E-state index contributed by atoms with van der Waals surface area (Å²) < 4.78 is 39.1. The zero-order chi connectivity index (χ0) is 17.3. The van der Waals surface area contributed by atoms with Crippen LogP contribution in [0.15, 0.2) is 42.6 Å². The van der Waals surface area contributed by atoms with Crippen molar-refractivity contribution in [2.24, 2.45) is 0 Å². The average Bonchev–Trinajstić information content (AvgIpc) is 2.55. The molecule has 2 amide bonds. The smallest absolute Gasteiger partial charge is 0.356 e. The van der Waals surface area contributed by atoms with Gasteiger partial charge in [-0.2, -0.15) is 13.2 Å². The molecule has 0 radical (unpaired) electrons. The monoisotopic (exact) mass is 336 g/mol. The molecule has 1 aliphatic heterocycles. The first kappa shape index (κ1) is 16.1. The first-order valence-corrected chi connectivity index (χ1v) is 7.29. The Hall–Kier alpha value is -2.77. The predicted molar refractivity (Wildman–Crippen MR) is 85.3 cm³/mol. The van der Waals surface area contributed by atoms with Crippen LogP contribution in [-0.4, -0.2) is 31.2 Å². The highest BCUT2D eigenvalue weighted by atomic mass is 19.4. The molecule has 0 bridgehead atoms. The third-order valence-electron chi connectivity index (χ3n) is 3.80. The Balaban J connectivity index is 1.89. The second-order valence-corrected chi connectivity index (χ2v) is 5.39. The number of nitrogens with one attached hydrogen (secondary N) is 1. The number of para-hydroxylation sites is 1. The number of carbonyl (C=O) groups is 1. The van der Waals surface area contributed by atoms with Gasteiger partial charge in [0.05, 0.1) is 16.9 Å². The molecule has 0 spiro atoms. The van der Waals surface area contributed by atoms with Gasteiger partial charge in [-0.15, -0.1) is 0 Å². The topological polar surface area (TPSA) is 48.5 Å². The van der Waals surface area contributed by atoms with E-state index in [9.17, 15) is 18.0 Å². The maximum Gasteiger partial charge on any atom is 0.418 e. The first-order chi connectivity index (χ1) is 11.4. The van der Waals surface area contributed by atoms with Crippen molar-refractivity contribution in [2.45, 2.75) is 6.18 Å². The van der Waals surface area contributed by atoms with E-state index in [0.717, 1.165) is 6.07 Å². The van der Waals surface area contributed by atoms with Gasteiger partial charge in [0.25, 0.3) is 0 Å². The number of amides is 2. The molecular weight excluding hydrogens is 321 g/mol. The van der Waals surface area contributed by atoms with Crippen molar-refractivity contribution in [1.82, 2.24) is 4.98 Å². The number of halogens is 3. The number of pyridine rings is 1. The number of hydrogen-bond acceptors (Lipinski definition) is 3. The summed E-state index contributed by atoms with van der Waals surface area (Å²) in [5.74, 6) is 0.614. The lowest BCUT2D eigenvalue weighted by Gasteiger charge is -2.34. The second kappa shape index (κ2) is 6.03. The lowest BCUT2D eigenvalue weighted by molar-refractivity contribution is -0.136. The lowest BCUT2D eigenvalue weighted by Crippen LogP contribution is -2.45. The van der Waals surface area contributed by atoms with E-state index >= 15 is 0 Å². The molecule has 0 saturated heterocycles. The molecule has 0 unspecified atom stereocenters. The minimum atomic E-state index is -4.54. The van der Waals surface area contributed by atoms with E-state index in [0.29, 0.717) is 24.6 Å². The number of likely N-dealkylation sites (N-methyl/N-ethyl adjacent to an activating group) is 1. The van der Waals surface area contributed by atoms with Crippen molar-refractivity contribution < 1.29 is 18.0 Å². The fraction of sp³-hybridized carbons (Fsp3) is 0.250. The molecule has 0 atom stereocenters. The van der Waals surface area contributed by atoms with E-state index in [-0.39, 0.29) is 5.69 Å². The molecule has 5 nitrogen and oxygen atoms in total. The van der Waals surface area contributed by atoms with Crippen molar-refractivity contribution in [1.29, 1.82) is 0 Å². The number of nitrogens with zero attached hydrogens (tertiary/aromatic N) is 3. The van der Waals surface area contributed by atoms with Crippen LogP contribution < -0.4 is 15.1 Å². The number of urea groups is 1. The summed E-state index contributed by atoms with van der Waals surface area (Å²) in [6.07, 6.45) is -2.93. The summed E-state index contributed by atoms with van der Waals surface area (Å²) in [5, 5.41) is 2.36. The summed E-state index contributed by atoms with van der Waals surface area (Å²) in [5.41, 5.74) is -0.577. The second-order valence-electron chi connectivity index (χ2n) is 5.39. The maximum absolute atomic E-state index is 13.0. The third kappa shape index (κ3) is 2.99. The van der Waals surface area contributed by atoms with E-state index in [1.165, 1.54) is 23.1 Å². The lowest BCUT2D eigenvalue weighted by atomic mass is 10.1. The van der Waals surface area contributed by atoms with Crippen LogP contribution >= 0.6 is 0 Å². The molecular formula is C16H15F3N4O. The molecule has 126 valence electrons. The van der Waals surface area contributed by atoms with Crippen molar-refractivity contribution in [3.8, 4) is 0 Å². The zero-order valence-corrected chi connectivity index (χ0v) is 12.8. The largest absolute Gasteiger partial charge is 0.418 e. The summed E-state index contributed by atoms with van der Waals surface area (Å²) >= 11 is 0. The van der Waals surface area contributed by atoms with Gasteiger partial charge < -0.3 is 10.2 Å². The zero-order valence-electron chi connectivity index (χ0n) is 12.8. The first-order valence-electron chi connectivity index (χ1n) is 7.29. The Morgan fingerprint density at radius 3 is 2.67 bits per heavy atom. The SMILES string of the molecule is CN1CCN(C(=O)Nc2ccccc2C(F)(F)F)c2cccnc21. The highest BCUT2D eigenvalue weighted by Crippen LogP contribution is 2.35. The number of anilines is 3. The number of carbonyl (C=O) groups excluding carboxylic acids is 1. The van der Waals surface area contributed by atoms with Gasteiger partial charge in [-0.25, -0.2) is 9.78 Å². The van der Waals surface area contributed by atoms with Crippen LogP contribution in [-0.2, 0) is 6.18 Å². The number of hydrogen-bond donors (Lipinski definition) is 1. The average molecular weight is 336 g/mol. The van der Waals surface area contributed by atoms with Crippen molar-refractivity contribution in [3.63, 3.8) is 0 Å². The fourth-order valence-corrected chi connectivity index (χ4v) is 2.60. The van der Waals surface area contributed by atoms with Crippen LogP contribution in [0.3, 0.4) is 0 Å². The Morgan fingerprint density at radius 1 is 1.17 bits per heavy atom. The van der Waals surface area contributed by atoms with E-state index in [2.05, 4.69) is 10.3 Å². The summed E-state index contributed by atoms with van der Waals surface area (Å²) in [7, 11) is 1.85. The predicted octanol–water partition coefficient (Wildman–Crippen LogP) is 3.59. The summed E-state index contributed by atoms with van der Waals surface area (Å²) in [6.45, 7) is 0.896. The normalized spacial score (nSPS) is 14.3. The molecule has 0 aliphatic carbocycles. The number of fused-ring (bicyclic) bond motifs is 1. The number of aromatic nitrogens is 1. The van der Waals surface area contributed by atoms with Gasteiger partial charge in [0.1, 0.15) is 0 Å². The van der Waals surface area contributed by atoms with Crippen molar-refractivity contribution >= 4 is 23.2 Å².